The van der Waals surface area contributed by atoms with Crippen LogP contribution in [0.25, 0.3) is 0 Å². The summed E-state index contributed by atoms with van der Waals surface area (Å²) in [6.45, 7) is 3.89. The van der Waals surface area contributed by atoms with Gasteiger partial charge in [-0.05, 0) is 55.8 Å². The molecule has 2 rings (SSSR count). The van der Waals surface area contributed by atoms with Crippen LogP contribution in [0, 0.1) is 0 Å². The van der Waals surface area contributed by atoms with Gasteiger partial charge in [0.2, 0.25) is 0 Å². The van der Waals surface area contributed by atoms with E-state index in [1.165, 1.54) is 13.3 Å². The van der Waals surface area contributed by atoms with Gasteiger partial charge in [-0.15, -0.1) is 0 Å². The first-order valence-corrected chi connectivity index (χ1v) is 8.03. The van der Waals surface area contributed by atoms with Crippen molar-refractivity contribution in [3.63, 3.8) is 0 Å². The Morgan fingerprint density at radius 2 is 1.77 bits per heavy atom. The molecule has 2 N–H and O–H groups in total. The van der Waals surface area contributed by atoms with Crippen LogP contribution in [0.2, 0.25) is 0 Å². The van der Waals surface area contributed by atoms with Crippen LogP contribution >= 0.6 is 0 Å². The number of amides is 2. The van der Waals surface area contributed by atoms with E-state index in [1.54, 1.807) is 48.5 Å². The van der Waals surface area contributed by atoms with E-state index < -0.39 is 11.8 Å². The first-order valence-electron chi connectivity index (χ1n) is 8.03. The van der Waals surface area contributed by atoms with Gasteiger partial charge in [0.25, 0.3) is 0 Å². The van der Waals surface area contributed by atoms with Crippen molar-refractivity contribution in [1.82, 2.24) is 5.43 Å². The van der Waals surface area contributed by atoms with Gasteiger partial charge in [0, 0.05) is 11.8 Å². The number of benzene rings is 2. The normalized spacial score (nSPS) is 10.6. The number of anilines is 1. The summed E-state index contributed by atoms with van der Waals surface area (Å²) in [6.07, 6.45) is 1.53. The monoisotopic (exact) mass is 355 g/mol. The molecule has 7 nitrogen and oxygen atoms in total. The molecule has 0 aliphatic rings. The van der Waals surface area contributed by atoms with E-state index in [1.807, 2.05) is 13.8 Å². The van der Waals surface area contributed by atoms with Crippen molar-refractivity contribution in [1.29, 1.82) is 0 Å². The van der Waals surface area contributed by atoms with Crippen LogP contribution in [-0.4, -0.2) is 31.2 Å². The summed E-state index contributed by atoms with van der Waals surface area (Å²) < 4.78 is 10.6. The van der Waals surface area contributed by atoms with E-state index in [9.17, 15) is 9.59 Å². The van der Waals surface area contributed by atoms with E-state index in [0.29, 0.717) is 11.4 Å². The van der Waals surface area contributed by atoms with Gasteiger partial charge in [0.05, 0.1) is 19.4 Å². The summed E-state index contributed by atoms with van der Waals surface area (Å²) in [7, 11) is 1.52. The fourth-order valence-corrected chi connectivity index (χ4v) is 2.01. The molecule has 0 aliphatic carbocycles. The Morgan fingerprint density at radius 3 is 2.42 bits per heavy atom. The average molecular weight is 355 g/mol. The van der Waals surface area contributed by atoms with Gasteiger partial charge in [-0.1, -0.05) is 6.07 Å². The Bertz CT molecular complexity index is 786. The third-order valence-corrected chi connectivity index (χ3v) is 3.17. The topological polar surface area (TPSA) is 89.0 Å². The van der Waals surface area contributed by atoms with Crippen molar-refractivity contribution in [3.05, 3.63) is 54.1 Å². The number of carbonyl (C=O) groups excluding carboxylic acids is 2. The maximum atomic E-state index is 11.8. The zero-order valence-corrected chi connectivity index (χ0v) is 14.9. The highest BCUT2D eigenvalue weighted by molar-refractivity contribution is 6.39. The fraction of sp³-hybridized carbons (Fsp3) is 0.211. The number of methoxy groups -OCH3 is 1. The third-order valence-electron chi connectivity index (χ3n) is 3.17. The second-order valence-corrected chi connectivity index (χ2v) is 5.62. The molecule has 0 unspecified atom stereocenters. The molecule has 2 amide bonds. The van der Waals surface area contributed by atoms with E-state index >= 15 is 0 Å². The zero-order chi connectivity index (χ0) is 18.9. The minimum Gasteiger partial charge on any atom is -0.497 e. The van der Waals surface area contributed by atoms with Crippen molar-refractivity contribution in [2.24, 2.45) is 5.10 Å². The number of nitrogens with zero attached hydrogens (tertiary/aromatic N) is 1. The average Bonchev–Trinajstić information content (AvgIpc) is 2.62. The third kappa shape index (κ3) is 5.94. The molecular formula is C19H21N3O4. The Kier molecular flexibility index (Phi) is 6.73. The minimum absolute atomic E-state index is 0.0944. The number of hydrazone groups is 1. The van der Waals surface area contributed by atoms with E-state index in [4.69, 9.17) is 9.47 Å². The van der Waals surface area contributed by atoms with Crippen LogP contribution in [0.5, 0.6) is 11.5 Å². The van der Waals surface area contributed by atoms with E-state index in [-0.39, 0.29) is 6.10 Å². The lowest BCUT2D eigenvalue weighted by atomic mass is 10.2. The van der Waals surface area contributed by atoms with Crippen molar-refractivity contribution in [2.45, 2.75) is 20.0 Å². The van der Waals surface area contributed by atoms with Crippen LogP contribution in [-0.2, 0) is 9.59 Å². The van der Waals surface area contributed by atoms with Crippen LogP contribution in [0.4, 0.5) is 5.69 Å². The molecule has 7 heteroatoms. The largest absolute Gasteiger partial charge is 0.497 e. The Labute approximate surface area is 152 Å². The lowest BCUT2D eigenvalue weighted by molar-refractivity contribution is -0.136. The molecule has 136 valence electrons. The van der Waals surface area contributed by atoms with Gasteiger partial charge in [-0.3, -0.25) is 9.59 Å². The number of rotatable bonds is 6. The lowest BCUT2D eigenvalue weighted by Gasteiger charge is -2.09. The highest BCUT2D eigenvalue weighted by atomic mass is 16.5. The molecule has 2 aromatic rings. The van der Waals surface area contributed by atoms with Crippen LogP contribution < -0.4 is 20.2 Å². The summed E-state index contributed by atoms with van der Waals surface area (Å²) in [4.78, 5) is 23.6. The molecule has 0 fully saturated rings. The molecule has 0 bridgehead atoms. The van der Waals surface area contributed by atoms with E-state index in [2.05, 4.69) is 15.8 Å². The van der Waals surface area contributed by atoms with Gasteiger partial charge in [-0.25, -0.2) is 5.43 Å². The standard InChI is InChI=1S/C19H21N3O4/c1-13(2)26-16-9-7-14(8-10-16)12-20-22-19(24)18(23)21-15-5-4-6-17(11-15)25-3/h4-13H,1-3H3,(H,21,23)(H,22,24)/b20-12-. The summed E-state index contributed by atoms with van der Waals surface area (Å²) in [5.41, 5.74) is 3.39. The van der Waals surface area contributed by atoms with Gasteiger partial charge in [-0.2, -0.15) is 5.10 Å². The Balaban J connectivity index is 1.86. The smallest absolute Gasteiger partial charge is 0.329 e. The van der Waals surface area contributed by atoms with Gasteiger partial charge < -0.3 is 14.8 Å². The molecule has 0 radical (unpaired) electrons. The number of carbonyl (C=O) groups is 2. The first-order chi connectivity index (χ1) is 12.5. The molecule has 26 heavy (non-hydrogen) atoms. The lowest BCUT2D eigenvalue weighted by Crippen LogP contribution is -2.32. The number of hydrogen-bond donors (Lipinski definition) is 2. The molecule has 0 atom stereocenters. The Morgan fingerprint density at radius 1 is 1.04 bits per heavy atom. The van der Waals surface area contributed by atoms with Crippen LogP contribution in [0.1, 0.15) is 19.4 Å². The second-order valence-electron chi connectivity index (χ2n) is 5.62. The number of hydrogen-bond acceptors (Lipinski definition) is 5. The van der Waals surface area contributed by atoms with Crippen LogP contribution in [0.3, 0.4) is 0 Å². The highest BCUT2D eigenvalue weighted by Gasteiger charge is 2.13. The Hall–Kier alpha value is -3.35. The quantitative estimate of drug-likeness (QED) is 0.473. The highest BCUT2D eigenvalue weighted by Crippen LogP contribution is 2.16. The molecule has 0 heterocycles. The summed E-state index contributed by atoms with van der Waals surface area (Å²) in [5.74, 6) is -0.370. The second kappa shape index (κ2) is 9.22. The van der Waals surface area contributed by atoms with Crippen molar-refractivity contribution < 1.29 is 19.1 Å². The van der Waals surface area contributed by atoms with Crippen molar-refractivity contribution >= 4 is 23.7 Å². The SMILES string of the molecule is COc1cccc(NC(=O)C(=O)N/N=C\c2ccc(OC(C)C)cc2)c1. The maximum absolute atomic E-state index is 11.8. The predicted octanol–water partition coefficient (Wildman–Crippen LogP) is 2.57. The van der Waals surface area contributed by atoms with Gasteiger partial charge in [0.15, 0.2) is 0 Å². The minimum atomic E-state index is -0.871. The predicted molar refractivity (Wildman–Crippen MR) is 99.6 cm³/mol. The summed E-state index contributed by atoms with van der Waals surface area (Å²) in [5, 5.41) is 6.25. The molecular weight excluding hydrogens is 334 g/mol. The van der Waals surface area contributed by atoms with Crippen molar-refractivity contribution in [2.75, 3.05) is 12.4 Å². The molecule has 0 saturated carbocycles. The van der Waals surface area contributed by atoms with Gasteiger partial charge in [0.1, 0.15) is 11.5 Å². The van der Waals surface area contributed by atoms with Crippen molar-refractivity contribution in [3.8, 4) is 11.5 Å². The van der Waals surface area contributed by atoms with E-state index in [0.717, 1.165) is 11.3 Å². The van der Waals surface area contributed by atoms with Crippen LogP contribution in [0.15, 0.2) is 53.6 Å². The number of ether oxygens (including phenoxy) is 2. The molecule has 0 spiro atoms. The van der Waals surface area contributed by atoms with Gasteiger partial charge >= 0.3 is 11.8 Å². The first kappa shape index (κ1) is 19.0. The molecule has 0 aromatic heterocycles. The zero-order valence-electron chi connectivity index (χ0n) is 14.9. The molecule has 2 aromatic carbocycles. The molecule has 0 aliphatic heterocycles. The maximum Gasteiger partial charge on any atom is 0.329 e. The summed E-state index contributed by atoms with van der Waals surface area (Å²) >= 11 is 0. The summed E-state index contributed by atoms with van der Waals surface area (Å²) in [6, 6.07) is 13.9. The molecule has 0 saturated heterocycles. The number of nitrogens with one attached hydrogen (secondary N) is 2. The fourth-order valence-electron chi connectivity index (χ4n) is 2.01.